The van der Waals surface area contributed by atoms with Crippen molar-refractivity contribution in [3.05, 3.63) is 192 Å². The van der Waals surface area contributed by atoms with E-state index in [4.69, 9.17) is 36.3 Å². The molecule has 3 aliphatic carbocycles. The molecule has 3 fully saturated rings. The Kier molecular flexibility index (Phi) is 10.3. The van der Waals surface area contributed by atoms with Gasteiger partial charge in [0.1, 0.15) is 27.8 Å². The van der Waals surface area contributed by atoms with Crippen LogP contribution in [0.5, 0.6) is 0 Å². The maximum Gasteiger partial charge on any atom is 0.311 e. The molecule has 1 N–H and O–H groups in total. The van der Waals surface area contributed by atoms with Gasteiger partial charge in [0, 0.05) is 29.7 Å². The zero-order valence-electron chi connectivity index (χ0n) is 33.7. The van der Waals surface area contributed by atoms with Gasteiger partial charge in [0.2, 0.25) is 0 Å². The number of esters is 1. The summed E-state index contributed by atoms with van der Waals surface area (Å²) < 4.78 is 7.63. The van der Waals surface area contributed by atoms with E-state index in [0.717, 1.165) is 53.7 Å². The van der Waals surface area contributed by atoms with E-state index in [1.807, 2.05) is 60.7 Å². The number of fused-ring (bicyclic) bond motifs is 4. The standard InChI is InChI=1S/C51H44ClN7O2/c1-61-50(60)45-34-27-29-35(30-28-34)46(45)55-43-31-44(59(39-23-13-5-14-24-39)40-25-15-6-16-26-40)57-48(56-43)41-33-58(49-47(41)54-42(52)32-53-49)51(36-17-7-2-8-18-36,37-19-9-3-10-20-37)38-21-11-4-12-22-38/h2-26,31-35,45-46H,27-30H2,1H3,(H,55,56,57). The lowest BCUT2D eigenvalue weighted by molar-refractivity contribution is -0.152. The second-order valence-corrected chi connectivity index (χ2v) is 16.3. The van der Waals surface area contributed by atoms with E-state index in [0.29, 0.717) is 40.1 Å². The number of rotatable bonds is 11. The number of hydrogen-bond donors (Lipinski definition) is 1. The van der Waals surface area contributed by atoms with E-state index in [1.165, 1.54) is 7.11 Å². The highest BCUT2D eigenvalue weighted by Crippen LogP contribution is 2.48. The average Bonchev–Trinajstić information content (AvgIpc) is 3.70. The molecule has 0 saturated heterocycles. The zero-order chi connectivity index (χ0) is 41.3. The maximum atomic E-state index is 13.5. The highest BCUT2D eigenvalue weighted by Gasteiger charge is 2.48. The number of carbonyl (C=O) groups is 1. The fourth-order valence-electron chi connectivity index (χ4n) is 9.96. The van der Waals surface area contributed by atoms with E-state index >= 15 is 0 Å². The van der Waals surface area contributed by atoms with Crippen molar-refractivity contribution in [2.24, 2.45) is 17.8 Å². The number of nitrogens with one attached hydrogen (secondary N) is 1. The molecule has 0 radical (unpaired) electrons. The molecule has 5 aromatic carbocycles. The normalized spacial score (nSPS) is 18.5. The fraction of sp³-hybridized carbons (Fsp3) is 0.196. The molecule has 3 saturated carbocycles. The number of aromatic nitrogens is 5. The Morgan fingerprint density at radius 3 is 1.74 bits per heavy atom. The summed E-state index contributed by atoms with van der Waals surface area (Å²) in [6.07, 6.45) is 7.79. The molecule has 2 bridgehead atoms. The molecule has 61 heavy (non-hydrogen) atoms. The van der Waals surface area contributed by atoms with Crippen molar-refractivity contribution in [1.82, 2.24) is 24.5 Å². The minimum absolute atomic E-state index is 0.157. The van der Waals surface area contributed by atoms with Crippen LogP contribution in [0, 0.1) is 17.8 Å². The van der Waals surface area contributed by atoms with Gasteiger partial charge in [0.25, 0.3) is 0 Å². The molecule has 0 amide bonds. The summed E-state index contributed by atoms with van der Waals surface area (Å²) in [6, 6.07) is 53.6. The predicted molar refractivity (Wildman–Crippen MR) is 241 cm³/mol. The molecule has 9 nitrogen and oxygen atoms in total. The van der Waals surface area contributed by atoms with Crippen LogP contribution < -0.4 is 10.2 Å². The molecular formula is C51H44ClN7O2. The van der Waals surface area contributed by atoms with E-state index in [-0.39, 0.29) is 29.0 Å². The maximum absolute atomic E-state index is 13.5. The number of methoxy groups -OCH3 is 1. The molecule has 0 spiro atoms. The smallest absolute Gasteiger partial charge is 0.311 e. The summed E-state index contributed by atoms with van der Waals surface area (Å²) in [5.74, 6) is 1.74. The largest absolute Gasteiger partial charge is 0.469 e. The molecule has 302 valence electrons. The second-order valence-electron chi connectivity index (χ2n) is 15.9. The first-order valence-electron chi connectivity index (χ1n) is 20.9. The lowest BCUT2D eigenvalue weighted by atomic mass is 9.61. The van der Waals surface area contributed by atoms with Crippen LogP contribution in [-0.2, 0) is 15.1 Å². The predicted octanol–water partition coefficient (Wildman–Crippen LogP) is 11.2. The van der Waals surface area contributed by atoms with Crippen LogP contribution in [-0.4, -0.2) is 43.6 Å². The second kappa shape index (κ2) is 16.3. The zero-order valence-corrected chi connectivity index (χ0v) is 34.4. The van der Waals surface area contributed by atoms with Crippen molar-refractivity contribution < 1.29 is 9.53 Å². The fourth-order valence-corrected chi connectivity index (χ4v) is 10.1. The number of halogens is 1. The van der Waals surface area contributed by atoms with Crippen LogP contribution in [0.25, 0.3) is 22.6 Å². The summed E-state index contributed by atoms with van der Waals surface area (Å²) in [5, 5.41) is 4.06. The van der Waals surface area contributed by atoms with E-state index in [9.17, 15) is 4.79 Å². The number of ether oxygens (including phenoxy) is 1. The minimum Gasteiger partial charge on any atom is -0.469 e. The van der Waals surface area contributed by atoms with Gasteiger partial charge in [0.05, 0.1) is 24.8 Å². The Morgan fingerprint density at radius 2 is 1.21 bits per heavy atom. The third-order valence-corrected chi connectivity index (χ3v) is 12.8. The first-order valence-corrected chi connectivity index (χ1v) is 21.3. The molecule has 8 aromatic rings. The Hall–Kier alpha value is -6.84. The highest BCUT2D eigenvalue weighted by molar-refractivity contribution is 6.29. The number of carbonyl (C=O) groups excluding carboxylic acids is 1. The molecule has 3 aromatic heterocycles. The Morgan fingerprint density at radius 1 is 0.705 bits per heavy atom. The van der Waals surface area contributed by atoms with E-state index in [2.05, 4.69) is 118 Å². The van der Waals surface area contributed by atoms with Crippen molar-refractivity contribution in [1.29, 1.82) is 0 Å². The molecule has 3 heterocycles. The van der Waals surface area contributed by atoms with Gasteiger partial charge in [-0.15, -0.1) is 0 Å². The minimum atomic E-state index is -0.906. The monoisotopic (exact) mass is 821 g/mol. The van der Waals surface area contributed by atoms with Gasteiger partial charge in [-0.1, -0.05) is 139 Å². The van der Waals surface area contributed by atoms with Gasteiger partial charge < -0.3 is 14.6 Å². The molecular weight excluding hydrogens is 778 g/mol. The van der Waals surface area contributed by atoms with Gasteiger partial charge in [-0.05, 0) is 78.5 Å². The van der Waals surface area contributed by atoms with E-state index < -0.39 is 5.54 Å². The summed E-state index contributed by atoms with van der Waals surface area (Å²) >= 11 is 6.76. The van der Waals surface area contributed by atoms with E-state index in [1.54, 1.807) is 6.20 Å². The van der Waals surface area contributed by atoms with Gasteiger partial charge in [-0.25, -0.2) is 19.9 Å². The van der Waals surface area contributed by atoms with Crippen LogP contribution in [0.3, 0.4) is 0 Å². The molecule has 10 heteroatoms. The SMILES string of the molecule is COC(=O)C1C2CCC(CC2)C1Nc1cc(N(c2ccccc2)c2ccccc2)nc(-c2cn(C(c3ccccc3)(c3ccccc3)c3ccccc3)c3ncc(Cl)nc23)n1. The quantitative estimate of drug-likeness (QED) is 0.102. The number of anilines is 4. The van der Waals surface area contributed by atoms with Crippen molar-refractivity contribution in [2.45, 2.75) is 37.3 Å². The summed E-state index contributed by atoms with van der Waals surface area (Å²) in [5.41, 5.74) is 5.86. The van der Waals surface area contributed by atoms with Crippen LogP contribution in [0.15, 0.2) is 170 Å². The van der Waals surface area contributed by atoms with Gasteiger partial charge in [0.15, 0.2) is 11.5 Å². The topological polar surface area (TPSA) is 98.1 Å². The first-order chi connectivity index (χ1) is 30.0. The number of benzene rings is 5. The molecule has 0 aliphatic heterocycles. The first kappa shape index (κ1) is 38.4. The third-order valence-electron chi connectivity index (χ3n) is 12.6. The number of hydrogen-bond acceptors (Lipinski definition) is 8. The molecule has 2 unspecified atom stereocenters. The molecule has 2 atom stereocenters. The van der Waals surface area contributed by atoms with Crippen molar-refractivity contribution >= 4 is 51.7 Å². The summed E-state index contributed by atoms with van der Waals surface area (Å²) in [7, 11) is 1.49. The molecule has 3 aliphatic rings. The van der Waals surface area contributed by atoms with Crippen LogP contribution >= 0.6 is 11.6 Å². The Bertz CT molecular complexity index is 2650. The summed E-state index contributed by atoms with van der Waals surface area (Å²) in [4.78, 5) is 36.4. The van der Waals surface area contributed by atoms with Crippen molar-refractivity contribution in [3.8, 4) is 11.4 Å². The number of nitrogens with zero attached hydrogens (tertiary/aromatic N) is 6. The van der Waals surface area contributed by atoms with Crippen molar-refractivity contribution in [3.63, 3.8) is 0 Å². The highest BCUT2D eigenvalue weighted by atomic mass is 35.5. The Labute approximate surface area is 360 Å². The van der Waals surface area contributed by atoms with Gasteiger partial charge >= 0.3 is 5.97 Å². The van der Waals surface area contributed by atoms with Gasteiger partial charge in [-0.2, -0.15) is 0 Å². The average molecular weight is 822 g/mol. The molecule has 11 rings (SSSR count). The third kappa shape index (κ3) is 6.88. The van der Waals surface area contributed by atoms with Gasteiger partial charge in [-0.3, -0.25) is 9.69 Å². The lowest BCUT2D eigenvalue weighted by Gasteiger charge is -2.47. The number of para-hydroxylation sites is 2. The van der Waals surface area contributed by atoms with Crippen LogP contribution in [0.1, 0.15) is 42.4 Å². The van der Waals surface area contributed by atoms with Crippen LogP contribution in [0.2, 0.25) is 5.15 Å². The lowest BCUT2D eigenvalue weighted by Crippen LogP contribution is -2.51. The Balaban J connectivity index is 1.25. The summed E-state index contributed by atoms with van der Waals surface area (Å²) in [6.45, 7) is 0. The van der Waals surface area contributed by atoms with Crippen LogP contribution in [0.4, 0.5) is 23.0 Å². The van der Waals surface area contributed by atoms with Crippen molar-refractivity contribution in [2.75, 3.05) is 17.3 Å².